The predicted molar refractivity (Wildman–Crippen MR) is 140 cm³/mol. The molecule has 0 fully saturated rings. The van der Waals surface area contributed by atoms with E-state index in [0.717, 1.165) is 35.8 Å². The topological polar surface area (TPSA) is 49.7 Å². The van der Waals surface area contributed by atoms with Gasteiger partial charge in [-0.1, -0.05) is 79.0 Å². The molecule has 0 atom stereocenters. The molecule has 0 saturated carbocycles. The summed E-state index contributed by atoms with van der Waals surface area (Å²) < 4.78 is 5.38. The van der Waals surface area contributed by atoms with Gasteiger partial charge in [0, 0.05) is 17.5 Å². The van der Waals surface area contributed by atoms with E-state index in [4.69, 9.17) is 27.9 Å². The molecule has 0 amide bonds. The quantitative estimate of drug-likeness (QED) is 0.217. The molecule has 0 aliphatic heterocycles. The van der Waals surface area contributed by atoms with Crippen LogP contribution in [0.5, 0.6) is 5.75 Å². The average Bonchev–Trinajstić information content (AvgIpc) is 2.82. The fraction of sp³-hybridized carbons (Fsp3) is 0.259. The second-order valence-electron chi connectivity index (χ2n) is 8.50. The molecule has 4 aromatic rings. The van der Waals surface area contributed by atoms with E-state index in [0.29, 0.717) is 33.3 Å². The van der Waals surface area contributed by atoms with Gasteiger partial charge >= 0.3 is 7.32 Å². The fourth-order valence-corrected chi connectivity index (χ4v) is 5.12. The maximum absolute atomic E-state index is 9.55. The van der Waals surface area contributed by atoms with Crippen LogP contribution in [0.15, 0.2) is 48.5 Å². The molecule has 6 heteroatoms. The van der Waals surface area contributed by atoms with Crippen molar-refractivity contribution < 1.29 is 14.7 Å². The van der Waals surface area contributed by atoms with Crippen LogP contribution in [0.2, 0.25) is 10.0 Å². The van der Waals surface area contributed by atoms with Crippen LogP contribution in [-0.2, 0) is 12.8 Å². The molecule has 33 heavy (non-hydrogen) atoms. The van der Waals surface area contributed by atoms with E-state index in [1.54, 1.807) is 6.92 Å². The van der Waals surface area contributed by atoms with Gasteiger partial charge in [0.2, 0.25) is 0 Å². The number of hydrogen-bond acceptors (Lipinski definition) is 3. The van der Waals surface area contributed by atoms with Crippen LogP contribution < -0.4 is 4.65 Å². The third kappa shape index (κ3) is 4.58. The Morgan fingerprint density at radius 2 is 1.48 bits per heavy atom. The molecule has 0 aliphatic carbocycles. The van der Waals surface area contributed by atoms with Gasteiger partial charge in [-0.2, -0.15) is 0 Å². The van der Waals surface area contributed by atoms with Gasteiger partial charge in [0.1, 0.15) is 5.75 Å². The maximum Gasteiger partial charge on any atom is 0.707 e. The Balaban J connectivity index is 1.97. The summed E-state index contributed by atoms with van der Waals surface area (Å²) in [5.41, 5.74) is 4.51. The third-order valence-corrected chi connectivity index (χ3v) is 7.41. The molecule has 4 aromatic carbocycles. The number of rotatable bonds is 7. The first-order valence-corrected chi connectivity index (χ1v) is 12.0. The Bertz CT molecular complexity index is 1330. The molecule has 0 unspecified atom stereocenters. The van der Waals surface area contributed by atoms with E-state index in [1.807, 2.05) is 13.0 Å². The molecular weight excluding hydrogens is 454 g/mol. The normalized spacial score (nSPS) is 11.4. The maximum atomic E-state index is 9.55. The number of hydrogen-bond donors (Lipinski definition) is 2. The lowest BCUT2D eigenvalue weighted by Gasteiger charge is -2.20. The van der Waals surface area contributed by atoms with Crippen LogP contribution >= 0.6 is 23.2 Å². The van der Waals surface area contributed by atoms with Gasteiger partial charge in [-0.3, -0.25) is 0 Å². The van der Waals surface area contributed by atoms with Crippen LogP contribution in [0.25, 0.3) is 21.5 Å². The van der Waals surface area contributed by atoms with Crippen LogP contribution in [0, 0.1) is 13.8 Å². The summed E-state index contributed by atoms with van der Waals surface area (Å²) in [7, 11) is -1.97. The highest BCUT2D eigenvalue weighted by atomic mass is 35.5. The van der Waals surface area contributed by atoms with Crippen molar-refractivity contribution >= 4 is 52.1 Å². The summed E-state index contributed by atoms with van der Waals surface area (Å²) in [5.74, 6) is 0.314. The third-order valence-electron chi connectivity index (χ3n) is 6.34. The summed E-state index contributed by atoms with van der Waals surface area (Å²) in [6, 6.07) is 17.1. The molecule has 2 N–H and O–H groups in total. The highest BCUT2D eigenvalue weighted by Gasteiger charge is 2.24. The second kappa shape index (κ2) is 9.94. The molecule has 0 heterocycles. The zero-order chi connectivity index (χ0) is 23.7. The van der Waals surface area contributed by atoms with Gasteiger partial charge in [-0.15, -0.1) is 0 Å². The van der Waals surface area contributed by atoms with Crippen LogP contribution in [-0.4, -0.2) is 17.4 Å². The van der Waals surface area contributed by atoms with Crippen molar-refractivity contribution in [2.45, 2.75) is 46.5 Å². The second-order valence-corrected chi connectivity index (χ2v) is 9.26. The molecule has 0 aromatic heterocycles. The first-order chi connectivity index (χ1) is 15.8. The van der Waals surface area contributed by atoms with Crippen molar-refractivity contribution in [2.24, 2.45) is 0 Å². The number of fused-ring (bicyclic) bond motifs is 3. The zero-order valence-corrected chi connectivity index (χ0v) is 20.6. The molecule has 0 radical (unpaired) electrons. The molecule has 4 rings (SSSR count). The molecule has 0 aliphatic rings. The van der Waals surface area contributed by atoms with E-state index in [2.05, 4.69) is 49.4 Å². The molecular formula is C27H27BCl2O3. The monoisotopic (exact) mass is 480 g/mol. The predicted octanol–water partition coefficient (Wildman–Crippen LogP) is 7.20. The lowest BCUT2D eigenvalue weighted by Crippen LogP contribution is -2.22. The van der Waals surface area contributed by atoms with Gasteiger partial charge < -0.3 is 14.7 Å². The van der Waals surface area contributed by atoms with Gasteiger partial charge in [0.05, 0.1) is 10.0 Å². The van der Waals surface area contributed by atoms with Gasteiger partial charge in [0.25, 0.3) is 0 Å². The largest absolute Gasteiger partial charge is 0.707 e. The van der Waals surface area contributed by atoms with Crippen LogP contribution in [0.1, 0.15) is 47.6 Å². The Morgan fingerprint density at radius 1 is 0.818 bits per heavy atom. The molecule has 0 spiro atoms. The molecule has 0 bridgehead atoms. The molecule has 170 valence electrons. The van der Waals surface area contributed by atoms with Gasteiger partial charge in [-0.25, -0.2) is 0 Å². The van der Waals surface area contributed by atoms with Gasteiger partial charge in [-0.05, 0) is 71.0 Å². The van der Waals surface area contributed by atoms with Crippen molar-refractivity contribution in [2.75, 3.05) is 0 Å². The molecule has 0 saturated heterocycles. The minimum atomic E-state index is -1.97. The Morgan fingerprint density at radius 3 is 2.18 bits per heavy atom. The van der Waals surface area contributed by atoms with E-state index in [9.17, 15) is 10.0 Å². The number of unbranched alkanes of at least 4 members (excludes halogenated alkanes) is 1. The summed E-state index contributed by atoms with van der Waals surface area (Å²) >= 11 is 13.2. The van der Waals surface area contributed by atoms with Crippen LogP contribution in [0.4, 0.5) is 0 Å². The number of aryl methyl sites for hydroxylation is 1. The minimum absolute atomic E-state index is 0.314. The summed E-state index contributed by atoms with van der Waals surface area (Å²) in [6.07, 6.45) is 3.77. The highest BCUT2D eigenvalue weighted by Crippen LogP contribution is 2.42. The first-order valence-electron chi connectivity index (χ1n) is 11.3. The average molecular weight is 481 g/mol. The van der Waals surface area contributed by atoms with Crippen molar-refractivity contribution in [1.82, 2.24) is 0 Å². The number of halogens is 2. The number of benzene rings is 4. The van der Waals surface area contributed by atoms with E-state index in [-0.39, 0.29) is 0 Å². The van der Waals surface area contributed by atoms with Gasteiger partial charge in [0.15, 0.2) is 0 Å². The van der Waals surface area contributed by atoms with Crippen molar-refractivity contribution in [3.05, 3.63) is 86.4 Å². The molecule has 3 nitrogen and oxygen atoms in total. The standard InChI is InChI=1S/C27H27BCl2O3/c1-4-5-9-18-10-8-13-22-21-12-7-6-11-20(21)19(14-23(18)22)15-24-26(30)16(2)25(29)17(3)27(24)33-28(31)32/h6-8,10-14,31-32H,4-5,9,15H2,1-3H3. The summed E-state index contributed by atoms with van der Waals surface area (Å²) in [4.78, 5) is 0. The Labute approximate surface area is 205 Å². The Hall–Kier alpha value is -2.24. The highest BCUT2D eigenvalue weighted by molar-refractivity contribution is 6.38. The van der Waals surface area contributed by atoms with Crippen molar-refractivity contribution in [1.29, 1.82) is 0 Å². The summed E-state index contributed by atoms with van der Waals surface area (Å²) in [5, 5.41) is 24.8. The van der Waals surface area contributed by atoms with Crippen LogP contribution in [0.3, 0.4) is 0 Å². The first kappa shape index (κ1) is 23.9. The Kier molecular flexibility index (Phi) is 7.20. The van der Waals surface area contributed by atoms with Crippen molar-refractivity contribution in [3.63, 3.8) is 0 Å². The smallest absolute Gasteiger partial charge is 0.511 e. The lowest BCUT2D eigenvalue weighted by atomic mass is 9.89. The van der Waals surface area contributed by atoms with E-state index >= 15 is 0 Å². The zero-order valence-electron chi connectivity index (χ0n) is 19.1. The van der Waals surface area contributed by atoms with E-state index in [1.165, 1.54) is 21.7 Å². The van der Waals surface area contributed by atoms with Crippen molar-refractivity contribution in [3.8, 4) is 5.75 Å². The van der Waals surface area contributed by atoms with E-state index < -0.39 is 7.32 Å². The minimum Gasteiger partial charge on any atom is -0.511 e. The lowest BCUT2D eigenvalue weighted by molar-refractivity contribution is 0.286. The fourth-order valence-electron chi connectivity index (χ4n) is 4.64. The SMILES string of the molecule is CCCCc1cccc2c1cc(Cc1c(Cl)c(C)c(Cl)c(C)c1OB(O)O)c1ccccc12. The summed E-state index contributed by atoms with van der Waals surface area (Å²) in [6.45, 7) is 5.87.